The summed E-state index contributed by atoms with van der Waals surface area (Å²) >= 11 is 5.86. The fourth-order valence-electron chi connectivity index (χ4n) is 2.77. The van der Waals surface area contributed by atoms with Crippen molar-refractivity contribution < 1.29 is 14.4 Å². The normalized spacial score (nSPS) is 14.4. The second-order valence-corrected chi connectivity index (χ2v) is 6.67. The van der Waals surface area contributed by atoms with Crippen LogP contribution in [0.2, 0.25) is 5.02 Å². The highest BCUT2D eigenvalue weighted by Crippen LogP contribution is 2.17. The minimum Gasteiger partial charge on any atom is -0.335 e. The third-order valence-electron chi connectivity index (χ3n) is 3.88. The summed E-state index contributed by atoms with van der Waals surface area (Å²) in [6.45, 7) is -0.0365. The van der Waals surface area contributed by atoms with Gasteiger partial charge in [-0.1, -0.05) is 30.5 Å². The Labute approximate surface area is 152 Å². The predicted octanol–water partition coefficient (Wildman–Crippen LogP) is 1.98. The fraction of sp³-hybridized carbons (Fsp3) is 0.471. The highest BCUT2D eigenvalue weighted by Gasteiger charge is 2.19. The molecule has 0 spiro atoms. The number of nitrogens with one attached hydrogen (secondary N) is 3. The highest BCUT2D eigenvalue weighted by molar-refractivity contribution is 6.30. The Morgan fingerprint density at radius 2 is 1.84 bits per heavy atom. The largest absolute Gasteiger partial charge is 0.335 e. The van der Waals surface area contributed by atoms with Gasteiger partial charge in [0.1, 0.15) is 0 Å². The number of hydrogen-bond donors (Lipinski definition) is 3. The maximum absolute atomic E-state index is 12.0. The summed E-state index contributed by atoms with van der Waals surface area (Å²) in [5.41, 5.74) is 0.589. The number of amides is 4. The lowest BCUT2D eigenvalue weighted by molar-refractivity contribution is -0.122. The smallest absolute Gasteiger partial charge is 0.321 e. The number of imide groups is 1. The summed E-state index contributed by atoms with van der Waals surface area (Å²) in [5.74, 6) is -0.721. The van der Waals surface area contributed by atoms with Crippen LogP contribution >= 0.6 is 11.6 Å². The third-order valence-corrected chi connectivity index (χ3v) is 4.11. The number of benzene rings is 1. The van der Waals surface area contributed by atoms with Crippen molar-refractivity contribution in [3.05, 3.63) is 29.3 Å². The van der Waals surface area contributed by atoms with Crippen LogP contribution in [0.3, 0.4) is 0 Å². The summed E-state index contributed by atoms with van der Waals surface area (Å²) in [5, 5.41) is 8.30. The van der Waals surface area contributed by atoms with Gasteiger partial charge in [0, 0.05) is 16.8 Å². The number of halogens is 1. The van der Waals surface area contributed by atoms with Crippen LogP contribution in [0.4, 0.5) is 10.5 Å². The predicted molar refractivity (Wildman–Crippen MR) is 96.5 cm³/mol. The van der Waals surface area contributed by atoms with E-state index in [0.717, 1.165) is 25.7 Å². The van der Waals surface area contributed by atoms with Gasteiger partial charge in [-0.15, -0.1) is 0 Å². The van der Waals surface area contributed by atoms with Crippen molar-refractivity contribution in [2.24, 2.45) is 0 Å². The zero-order valence-corrected chi connectivity index (χ0v) is 14.9. The van der Waals surface area contributed by atoms with Crippen LogP contribution in [0.15, 0.2) is 24.3 Å². The molecule has 1 aromatic rings. The molecule has 0 radical (unpaired) electrons. The lowest BCUT2D eigenvalue weighted by atomic mass is 10.2. The van der Waals surface area contributed by atoms with Gasteiger partial charge in [-0.2, -0.15) is 0 Å². The van der Waals surface area contributed by atoms with Gasteiger partial charge in [-0.05, 0) is 38.1 Å². The Morgan fingerprint density at radius 3 is 2.52 bits per heavy atom. The molecule has 7 nitrogen and oxygen atoms in total. The molecule has 0 aromatic heterocycles. The number of nitrogens with zero attached hydrogens (tertiary/aromatic N) is 1. The van der Waals surface area contributed by atoms with Crippen molar-refractivity contribution in [3.63, 3.8) is 0 Å². The molecule has 0 saturated heterocycles. The topological polar surface area (TPSA) is 90.5 Å². The molecule has 136 valence electrons. The lowest BCUT2D eigenvalue weighted by Crippen LogP contribution is -2.47. The number of hydrogen-bond acceptors (Lipinski definition) is 4. The van der Waals surface area contributed by atoms with E-state index in [1.807, 2.05) is 0 Å². The van der Waals surface area contributed by atoms with Crippen molar-refractivity contribution in [1.29, 1.82) is 0 Å². The van der Waals surface area contributed by atoms with Crippen molar-refractivity contribution in [3.8, 4) is 0 Å². The molecular weight excluding hydrogens is 344 g/mol. The minimum absolute atomic E-state index is 0.0180. The molecule has 0 heterocycles. The Hall–Kier alpha value is -2.12. The van der Waals surface area contributed by atoms with Gasteiger partial charge in [0.25, 0.3) is 0 Å². The fourth-order valence-corrected chi connectivity index (χ4v) is 2.96. The molecule has 0 bridgehead atoms. The van der Waals surface area contributed by atoms with Crippen molar-refractivity contribution in [1.82, 2.24) is 15.5 Å². The van der Waals surface area contributed by atoms with Crippen LogP contribution in [-0.2, 0) is 9.59 Å². The highest BCUT2D eigenvalue weighted by atomic mass is 35.5. The first-order valence-electron chi connectivity index (χ1n) is 8.26. The molecular formula is C17H23ClN4O3. The Kier molecular flexibility index (Phi) is 7.21. The first-order chi connectivity index (χ1) is 11.9. The zero-order valence-electron chi connectivity index (χ0n) is 14.2. The van der Waals surface area contributed by atoms with E-state index in [9.17, 15) is 14.4 Å². The molecule has 8 heteroatoms. The van der Waals surface area contributed by atoms with Crippen LogP contribution in [0, 0.1) is 0 Å². The molecule has 1 saturated carbocycles. The first-order valence-corrected chi connectivity index (χ1v) is 8.64. The minimum atomic E-state index is -0.478. The van der Waals surface area contributed by atoms with Crippen molar-refractivity contribution in [2.45, 2.75) is 31.7 Å². The summed E-state index contributed by atoms with van der Waals surface area (Å²) in [6, 6.07) is 6.48. The van der Waals surface area contributed by atoms with Crippen molar-refractivity contribution >= 4 is 35.1 Å². The van der Waals surface area contributed by atoms with Crippen LogP contribution in [0.1, 0.15) is 25.7 Å². The number of anilines is 1. The molecule has 1 fully saturated rings. The van der Waals surface area contributed by atoms with E-state index in [2.05, 4.69) is 16.0 Å². The van der Waals surface area contributed by atoms with Crippen molar-refractivity contribution in [2.75, 3.05) is 25.5 Å². The third kappa shape index (κ3) is 7.11. The van der Waals surface area contributed by atoms with Gasteiger partial charge >= 0.3 is 6.03 Å². The molecule has 25 heavy (non-hydrogen) atoms. The van der Waals surface area contributed by atoms with Gasteiger partial charge in [0.15, 0.2) is 0 Å². The first kappa shape index (κ1) is 19.2. The second kappa shape index (κ2) is 9.39. The van der Waals surface area contributed by atoms with E-state index >= 15 is 0 Å². The number of carbonyl (C=O) groups is 3. The monoisotopic (exact) mass is 366 g/mol. The van der Waals surface area contributed by atoms with Gasteiger partial charge < -0.3 is 10.6 Å². The Balaban J connectivity index is 1.69. The summed E-state index contributed by atoms with van der Waals surface area (Å²) in [6.07, 6.45) is 4.10. The molecule has 0 unspecified atom stereocenters. The standard InChI is InChI=1S/C17H23ClN4O3/c1-22(10-15(23)19-14-8-4-5-12(18)9-14)11-16(24)21-17(25)20-13-6-2-3-7-13/h4-5,8-9,13H,2-3,6-7,10-11H2,1H3,(H,19,23)(H2,20,21,24,25). The van der Waals surface area contributed by atoms with Crippen LogP contribution in [-0.4, -0.2) is 48.9 Å². The molecule has 0 atom stereocenters. The van der Waals surface area contributed by atoms with E-state index in [4.69, 9.17) is 11.6 Å². The second-order valence-electron chi connectivity index (χ2n) is 6.23. The molecule has 1 aromatic carbocycles. The lowest BCUT2D eigenvalue weighted by Gasteiger charge is -2.17. The average Bonchev–Trinajstić information content (AvgIpc) is 2.99. The summed E-state index contributed by atoms with van der Waals surface area (Å²) < 4.78 is 0. The van der Waals surface area contributed by atoms with Crippen LogP contribution < -0.4 is 16.0 Å². The Morgan fingerprint density at radius 1 is 1.16 bits per heavy atom. The number of urea groups is 1. The number of carbonyl (C=O) groups excluding carboxylic acids is 3. The number of likely N-dealkylation sites (N-methyl/N-ethyl adjacent to an activating group) is 1. The van der Waals surface area contributed by atoms with Gasteiger partial charge in [-0.25, -0.2) is 4.79 Å². The summed E-state index contributed by atoms with van der Waals surface area (Å²) in [4.78, 5) is 37.1. The van der Waals surface area contributed by atoms with E-state index < -0.39 is 11.9 Å². The quantitative estimate of drug-likeness (QED) is 0.718. The molecule has 1 aliphatic rings. The van der Waals surface area contributed by atoms with Crippen LogP contribution in [0.25, 0.3) is 0 Å². The zero-order chi connectivity index (χ0) is 18.2. The SMILES string of the molecule is CN(CC(=O)NC(=O)NC1CCCC1)CC(=O)Nc1cccc(Cl)c1. The molecule has 2 rings (SSSR count). The molecule has 4 amide bonds. The maximum Gasteiger partial charge on any atom is 0.321 e. The van der Waals surface area contributed by atoms with Gasteiger partial charge in [-0.3, -0.25) is 19.8 Å². The van der Waals surface area contributed by atoms with E-state index in [1.165, 1.54) is 4.90 Å². The average molecular weight is 367 g/mol. The molecule has 0 aliphatic heterocycles. The van der Waals surface area contributed by atoms with Gasteiger partial charge in [0.05, 0.1) is 13.1 Å². The van der Waals surface area contributed by atoms with E-state index in [1.54, 1.807) is 31.3 Å². The van der Waals surface area contributed by atoms with E-state index in [-0.39, 0.29) is 25.0 Å². The number of rotatable bonds is 6. The Bertz CT molecular complexity index is 632. The molecule has 1 aliphatic carbocycles. The molecule has 3 N–H and O–H groups in total. The summed E-state index contributed by atoms with van der Waals surface area (Å²) in [7, 11) is 1.63. The van der Waals surface area contributed by atoms with Crippen LogP contribution in [0.5, 0.6) is 0 Å². The van der Waals surface area contributed by atoms with Gasteiger partial charge in [0.2, 0.25) is 11.8 Å². The maximum atomic E-state index is 12.0. The van der Waals surface area contributed by atoms with E-state index in [0.29, 0.717) is 10.7 Å².